The molecule has 0 aliphatic carbocycles. The van der Waals surface area contributed by atoms with E-state index >= 15 is 0 Å². The zero-order chi connectivity index (χ0) is 13.7. The molecule has 1 rings (SSSR count). The van der Waals surface area contributed by atoms with Gasteiger partial charge in [-0.25, -0.2) is 4.79 Å². The second kappa shape index (κ2) is 6.95. The number of Topliss-reactive ketones (excluding diaryl/α,β-unsaturated/α-hetero) is 1. The number of alkyl halides is 1. The van der Waals surface area contributed by atoms with Gasteiger partial charge in [-0.2, -0.15) is 0 Å². The average Bonchev–Trinajstić information content (AvgIpc) is 2.37. The van der Waals surface area contributed by atoms with Crippen molar-refractivity contribution in [1.29, 1.82) is 0 Å². The Labute approximate surface area is 119 Å². The third kappa shape index (κ3) is 3.59. The van der Waals surface area contributed by atoms with E-state index in [1.54, 1.807) is 13.0 Å². The Morgan fingerprint density at radius 2 is 2.11 bits per heavy atom. The number of halogens is 1. The lowest BCUT2D eigenvalue weighted by atomic mass is 10.1. The van der Waals surface area contributed by atoms with Crippen molar-refractivity contribution < 1.29 is 14.3 Å². The van der Waals surface area contributed by atoms with Crippen LogP contribution >= 0.6 is 27.7 Å². The van der Waals surface area contributed by atoms with E-state index in [1.807, 2.05) is 18.4 Å². The average molecular weight is 331 g/mol. The molecule has 0 spiro atoms. The summed E-state index contributed by atoms with van der Waals surface area (Å²) in [6.45, 7) is 3.61. The third-order valence-corrected chi connectivity index (χ3v) is 4.34. The maximum atomic E-state index is 11.8. The van der Waals surface area contributed by atoms with Gasteiger partial charge in [0.15, 0.2) is 0 Å². The van der Waals surface area contributed by atoms with E-state index in [9.17, 15) is 9.59 Å². The van der Waals surface area contributed by atoms with Gasteiger partial charge in [0.25, 0.3) is 0 Å². The molecule has 18 heavy (non-hydrogen) atoms. The minimum atomic E-state index is -0.387. The molecule has 0 N–H and O–H groups in total. The summed E-state index contributed by atoms with van der Waals surface area (Å²) in [6.07, 6.45) is 1.90. The van der Waals surface area contributed by atoms with E-state index in [0.29, 0.717) is 12.2 Å². The normalized spacial score (nSPS) is 12.0. The summed E-state index contributed by atoms with van der Waals surface area (Å²) in [4.78, 5) is 23.6. The van der Waals surface area contributed by atoms with Crippen LogP contribution in [0.5, 0.6) is 0 Å². The lowest BCUT2D eigenvalue weighted by Crippen LogP contribution is -2.08. The quantitative estimate of drug-likeness (QED) is 0.470. The van der Waals surface area contributed by atoms with Gasteiger partial charge >= 0.3 is 5.97 Å². The van der Waals surface area contributed by atoms with Gasteiger partial charge in [0, 0.05) is 4.90 Å². The Morgan fingerprint density at radius 1 is 1.44 bits per heavy atom. The van der Waals surface area contributed by atoms with Crippen LogP contribution in [-0.2, 0) is 9.53 Å². The molecule has 1 atom stereocenters. The standard InChI is InChI=1S/C13H15BrO3S/c1-4-17-13(16)10-7-9(12(14)8(2)15)5-6-11(10)18-3/h5-7,12H,4H2,1-3H3. The molecular formula is C13H15BrO3S. The molecule has 0 aliphatic heterocycles. The first-order valence-electron chi connectivity index (χ1n) is 5.50. The zero-order valence-electron chi connectivity index (χ0n) is 10.5. The maximum Gasteiger partial charge on any atom is 0.339 e. The van der Waals surface area contributed by atoms with Crippen LogP contribution in [0.4, 0.5) is 0 Å². The predicted molar refractivity (Wildman–Crippen MR) is 76.5 cm³/mol. The summed E-state index contributed by atoms with van der Waals surface area (Å²) in [5, 5.41) is 0. The van der Waals surface area contributed by atoms with Gasteiger partial charge in [-0.3, -0.25) is 4.79 Å². The van der Waals surface area contributed by atoms with Crippen molar-refractivity contribution in [3.05, 3.63) is 29.3 Å². The minimum Gasteiger partial charge on any atom is -0.462 e. The minimum absolute atomic E-state index is 0.00158. The molecule has 0 heterocycles. The summed E-state index contributed by atoms with van der Waals surface area (Å²) in [6, 6.07) is 5.39. The zero-order valence-corrected chi connectivity index (χ0v) is 12.9. The van der Waals surface area contributed by atoms with Crippen LogP contribution in [0.3, 0.4) is 0 Å². The fourth-order valence-electron chi connectivity index (χ4n) is 1.49. The Bertz CT molecular complexity index is 460. The third-order valence-electron chi connectivity index (χ3n) is 2.37. The van der Waals surface area contributed by atoms with Crippen molar-refractivity contribution in [2.75, 3.05) is 12.9 Å². The molecule has 0 radical (unpaired) electrons. The second-order valence-electron chi connectivity index (χ2n) is 3.65. The van der Waals surface area contributed by atoms with Crippen LogP contribution in [0, 0.1) is 0 Å². The number of esters is 1. The van der Waals surface area contributed by atoms with Gasteiger partial charge in [-0.1, -0.05) is 22.0 Å². The number of carbonyl (C=O) groups excluding carboxylic acids is 2. The van der Waals surface area contributed by atoms with Crippen LogP contribution in [0.15, 0.2) is 23.1 Å². The van der Waals surface area contributed by atoms with Crippen LogP contribution in [-0.4, -0.2) is 24.6 Å². The molecule has 1 aromatic carbocycles. The molecule has 1 unspecified atom stereocenters. The highest BCUT2D eigenvalue weighted by atomic mass is 79.9. The number of ether oxygens (including phenoxy) is 1. The van der Waals surface area contributed by atoms with Crippen LogP contribution in [0.1, 0.15) is 34.6 Å². The molecule has 0 saturated heterocycles. The molecule has 0 bridgehead atoms. The number of ketones is 1. The summed E-state index contributed by atoms with van der Waals surface area (Å²) >= 11 is 4.79. The summed E-state index contributed by atoms with van der Waals surface area (Å²) < 4.78 is 5.01. The van der Waals surface area contributed by atoms with Gasteiger partial charge in [0.2, 0.25) is 0 Å². The highest BCUT2D eigenvalue weighted by Crippen LogP contribution is 2.29. The fraction of sp³-hybridized carbons (Fsp3) is 0.385. The van der Waals surface area contributed by atoms with Gasteiger partial charge in [0.1, 0.15) is 5.78 Å². The fourth-order valence-corrected chi connectivity index (χ4v) is 2.34. The molecule has 0 fully saturated rings. The van der Waals surface area contributed by atoms with Gasteiger partial charge in [0.05, 0.1) is 17.0 Å². The van der Waals surface area contributed by atoms with Gasteiger partial charge in [-0.15, -0.1) is 11.8 Å². The molecule has 0 aliphatic rings. The van der Waals surface area contributed by atoms with Crippen molar-refractivity contribution in [2.24, 2.45) is 0 Å². The maximum absolute atomic E-state index is 11.8. The molecule has 0 amide bonds. The number of carbonyl (C=O) groups is 2. The Morgan fingerprint density at radius 3 is 2.61 bits per heavy atom. The summed E-state index contributed by atoms with van der Waals surface area (Å²) in [7, 11) is 0. The first-order valence-corrected chi connectivity index (χ1v) is 7.64. The van der Waals surface area contributed by atoms with Crippen LogP contribution in [0.25, 0.3) is 0 Å². The monoisotopic (exact) mass is 330 g/mol. The van der Waals surface area contributed by atoms with Crippen molar-refractivity contribution >= 4 is 39.4 Å². The number of benzene rings is 1. The van der Waals surface area contributed by atoms with Crippen molar-refractivity contribution in [3.63, 3.8) is 0 Å². The molecule has 3 nitrogen and oxygen atoms in total. The second-order valence-corrected chi connectivity index (χ2v) is 5.42. The topological polar surface area (TPSA) is 43.4 Å². The Kier molecular flexibility index (Phi) is 5.88. The lowest BCUT2D eigenvalue weighted by molar-refractivity contribution is -0.116. The lowest BCUT2D eigenvalue weighted by Gasteiger charge is -2.11. The van der Waals surface area contributed by atoms with Crippen molar-refractivity contribution in [3.8, 4) is 0 Å². The highest BCUT2D eigenvalue weighted by molar-refractivity contribution is 9.09. The molecule has 98 valence electrons. The first kappa shape index (κ1) is 15.2. The van der Waals surface area contributed by atoms with Crippen LogP contribution in [0.2, 0.25) is 0 Å². The Hall–Kier alpha value is -0.810. The number of hydrogen-bond donors (Lipinski definition) is 0. The van der Waals surface area contributed by atoms with Crippen molar-refractivity contribution in [2.45, 2.75) is 23.6 Å². The molecule has 1 aromatic rings. The smallest absolute Gasteiger partial charge is 0.339 e. The van der Waals surface area contributed by atoms with E-state index in [2.05, 4.69) is 15.9 Å². The van der Waals surface area contributed by atoms with Crippen molar-refractivity contribution in [1.82, 2.24) is 0 Å². The number of hydrogen-bond acceptors (Lipinski definition) is 4. The molecule has 0 aromatic heterocycles. The van der Waals surface area contributed by atoms with Crippen LogP contribution < -0.4 is 0 Å². The number of thioether (sulfide) groups is 1. The summed E-state index contributed by atoms with van der Waals surface area (Å²) in [5.74, 6) is -0.353. The van der Waals surface area contributed by atoms with E-state index in [-0.39, 0.29) is 16.6 Å². The van der Waals surface area contributed by atoms with Gasteiger partial charge in [-0.05, 0) is 37.8 Å². The largest absolute Gasteiger partial charge is 0.462 e. The predicted octanol–water partition coefficient (Wildman–Crippen LogP) is 3.61. The molecule has 0 saturated carbocycles. The Balaban J connectivity index is 3.17. The number of rotatable bonds is 5. The van der Waals surface area contributed by atoms with E-state index in [4.69, 9.17) is 4.74 Å². The van der Waals surface area contributed by atoms with Gasteiger partial charge < -0.3 is 4.74 Å². The highest BCUT2D eigenvalue weighted by Gasteiger charge is 2.18. The van der Waals surface area contributed by atoms with E-state index in [0.717, 1.165) is 10.5 Å². The molecular weight excluding hydrogens is 316 g/mol. The van der Waals surface area contributed by atoms with E-state index in [1.165, 1.54) is 18.7 Å². The summed E-state index contributed by atoms with van der Waals surface area (Å²) in [5.41, 5.74) is 1.27. The SMILES string of the molecule is CCOC(=O)c1cc(C(Br)C(C)=O)ccc1SC. The van der Waals surface area contributed by atoms with E-state index < -0.39 is 0 Å². The molecule has 5 heteroatoms. The first-order chi connectivity index (χ1) is 8.51.